The maximum Gasteiger partial charge on any atom is 0.142 e. The lowest BCUT2D eigenvalue weighted by Gasteiger charge is -1.68. The summed E-state index contributed by atoms with van der Waals surface area (Å²) in [5.41, 5.74) is 0. The summed E-state index contributed by atoms with van der Waals surface area (Å²) in [6.45, 7) is 3.53. The minimum Gasteiger partial charge on any atom is -0.299 e. The number of hydrogen-bond acceptors (Lipinski definition) is 0. The summed E-state index contributed by atoms with van der Waals surface area (Å²) < 4.78 is 0. The summed E-state index contributed by atoms with van der Waals surface area (Å²) in [6.07, 6.45) is 6.41. The highest BCUT2D eigenvalue weighted by molar-refractivity contribution is 4.98. The van der Waals surface area contributed by atoms with Gasteiger partial charge < -0.3 is 0 Å². The van der Waals surface area contributed by atoms with E-state index >= 15 is 0 Å². The summed E-state index contributed by atoms with van der Waals surface area (Å²) in [7, 11) is 0. The van der Waals surface area contributed by atoms with Crippen LogP contribution in [-0.4, -0.2) is 0 Å². The van der Waals surface area contributed by atoms with E-state index in [0.29, 0.717) is 0 Å². The van der Waals surface area contributed by atoms with Crippen molar-refractivity contribution < 1.29 is 5.11 Å². The molecule has 0 rings (SSSR count). The molecule has 0 saturated carbocycles. The van der Waals surface area contributed by atoms with E-state index < -0.39 is 0 Å². The molecule has 0 aliphatic rings. The van der Waals surface area contributed by atoms with Crippen molar-refractivity contribution in [2.75, 3.05) is 0 Å². The van der Waals surface area contributed by atoms with Crippen molar-refractivity contribution in [1.82, 2.24) is 0 Å². The minimum absolute atomic E-state index is 0.740. The fraction of sp³-hybridized carbons (Fsp3) is 0.167. The Morgan fingerprint density at radius 1 is 1.43 bits per heavy atom. The molecule has 0 aromatic carbocycles. The van der Waals surface area contributed by atoms with Crippen molar-refractivity contribution in [1.29, 1.82) is 0 Å². The fourth-order valence-corrected chi connectivity index (χ4v) is 0.220. The third-order valence-electron chi connectivity index (χ3n) is 0.492. The summed E-state index contributed by atoms with van der Waals surface area (Å²) in [5.74, 6) is 0. The second-order valence-electron chi connectivity index (χ2n) is 1.05. The van der Waals surface area contributed by atoms with Crippen LogP contribution in [0.4, 0.5) is 0 Å². The highest BCUT2D eigenvalue weighted by Gasteiger charge is 1.60. The van der Waals surface area contributed by atoms with Crippen LogP contribution in [0.25, 0.3) is 0 Å². The lowest BCUT2D eigenvalue weighted by Crippen LogP contribution is -1.50. The summed E-state index contributed by atoms with van der Waals surface area (Å²) in [5, 5.41) is 9.55. The lowest BCUT2D eigenvalue weighted by atomic mass is 10.4. The molecule has 0 aliphatic carbocycles. The maximum absolute atomic E-state index is 9.55. The predicted octanol–water partition coefficient (Wildman–Crippen LogP) is 1.71. The molecule has 0 heterocycles. The van der Waals surface area contributed by atoms with Crippen molar-refractivity contribution in [2.45, 2.75) is 6.42 Å². The molecular formula is C6H8O. The number of allylic oxidation sites excluding steroid dienone is 3. The van der Waals surface area contributed by atoms with Crippen LogP contribution in [0.2, 0.25) is 0 Å². The van der Waals surface area contributed by atoms with E-state index in [9.17, 15) is 5.11 Å². The van der Waals surface area contributed by atoms with Gasteiger partial charge in [-0.2, -0.15) is 0 Å². The minimum atomic E-state index is 0.740. The lowest BCUT2D eigenvalue weighted by molar-refractivity contribution is 0.352. The average molecular weight is 96.1 g/mol. The van der Waals surface area contributed by atoms with Gasteiger partial charge in [0.1, 0.15) is 6.26 Å². The molecule has 1 nitrogen and oxygen atoms in total. The molecule has 0 fully saturated rings. The predicted molar refractivity (Wildman–Crippen MR) is 28.9 cm³/mol. The van der Waals surface area contributed by atoms with Crippen LogP contribution in [0.15, 0.2) is 24.5 Å². The van der Waals surface area contributed by atoms with E-state index in [1.165, 1.54) is 6.08 Å². The first-order valence-corrected chi connectivity index (χ1v) is 2.14. The van der Waals surface area contributed by atoms with E-state index in [2.05, 4.69) is 6.92 Å². The molecule has 0 unspecified atom stereocenters. The van der Waals surface area contributed by atoms with E-state index in [4.69, 9.17) is 0 Å². The molecule has 7 heavy (non-hydrogen) atoms. The maximum atomic E-state index is 9.55. The topological polar surface area (TPSA) is 19.9 Å². The zero-order valence-electron chi connectivity index (χ0n) is 4.13. The first-order valence-electron chi connectivity index (χ1n) is 2.14. The van der Waals surface area contributed by atoms with Gasteiger partial charge in [-0.3, -0.25) is 5.11 Å². The second kappa shape index (κ2) is 5.28. The molecule has 0 spiro atoms. The average Bonchev–Trinajstić information content (AvgIpc) is 1.69. The Bertz CT molecular complexity index is 72.2. The molecule has 0 amide bonds. The van der Waals surface area contributed by atoms with Crippen LogP contribution < -0.4 is 0 Å². The Balaban J connectivity index is 3.09. The Morgan fingerprint density at radius 3 is 2.57 bits per heavy atom. The third kappa shape index (κ3) is 5.28. The molecular weight excluding hydrogens is 88.1 g/mol. The summed E-state index contributed by atoms with van der Waals surface area (Å²) >= 11 is 0. The second-order valence-corrected chi connectivity index (χ2v) is 1.05. The fourth-order valence-electron chi connectivity index (χ4n) is 0.220. The van der Waals surface area contributed by atoms with Crippen LogP contribution in [0, 0.1) is 6.92 Å². The molecule has 0 aromatic heterocycles. The van der Waals surface area contributed by atoms with Crippen molar-refractivity contribution >= 4 is 0 Å². The standard InChI is InChI=1S/C6H8O/c1-2-3-4-5-6-7/h3-6H,1-2H2. The summed E-state index contributed by atoms with van der Waals surface area (Å²) in [6, 6.07) is 0. The van der Waals surface area contributed by atoms with Crippen LogP contribution in [0.5, 0.6) is 0 Å². The van der Waals surface area contributed by atoms with Crippen LogP contribution in [0.3, 0.4) is 0 Å². The molecule has 0 N–H and O–H groups in total. The largest absolute Gasteiger partial charge is 0.299 e. The van der Waals surface area contributed by atoms with Crippen LogP contribution >= 0.6 is 0 Å². The SMILES string of the molecule is [CH2]CC=CC=C[O]. The number of rotatable bonds is 2. The monoisotopic (exact) mass is 96.1 g/mol. The molecule has 1 heteroatoms. The van der Waals surface area contributed by atoms with Crippen molar-refractivity contribution in [3.63, 3.8) is 0 Å². The van der Waals surface area contributed by atoms with Crippen LogP contribution in [-0.2, 0) is 5.11 Å². The Kier molecular flexibility index (Phi) is 4.74. The first kappa shape index (κ1) is 6.28. The highest BCUT2D eigenvalue weighted by atomic mass is 16.2. The smallest absolute Gasteiger partial charge is 0.142 e. The normalized spacial score (nSPS) is 11.6. The van der Waals surface area contributed by atoms with Gasteiger partial charge in [-0.15, -0.1) is 0 Å². The van der Waals surface area contributed by atoms with E-state index in [1.54, 1.807) is 6.08 Å². The van der Waals surface area contributed by atoms with Crippen molar-refractivity contribution in [3.05, 3.63) is 31.4 Å². The molecule has 0 saturated heterocycles. The van der Waals surface area contributed by atoms with Crippen molar-refractivity contribution in [2.24, 2.45) is 0 Å². The van der Waals surface area contributed by atoms with E-state index in [-0.39, 0.29) is 0 Å². The molecule has 0 bridgehead atoms. The van der Waals surface area contributed by atoms with Crippen LogP contribution in [0.1, 0.15) is 6.42 Å². The summed E-state index contributed by atoms with van der Waals surface area (Å²) in [4.78, 5) is 0. The Labute approximate surface area is 44.0 Å². The van der Waals surface area contributed by atoms with Crippen molar-refractivity contribution in [3.8, 4) is 0 Å². The first-order chi connectivity index (χ1) is 3.41. The Morgan fingerprint density at radius 2 is 2.14 bits per heavy atom. The van der Waals surface area contributed by atoms with Gasteiger partial charge in [0.2, 0.25) is 0 Å². The van der Waals surface area contributed by atoms with E-state index in [1.807, 2.05) is 6.08 Å². The third-order valence-corrected chi connectivity index (χ3v) is 0.492. The van der Waals surface area contributed by atoms with Gasteiger partial charge in [-0.1, -0.05) is 12.2 Å². The van der Waals surface area contributed by atoms with Gasteiger partial charge in [0, 0.05) is 0 Å². The van der Waals surface area contributed by atoms with Gasteiger partial charge in [0.25, 0.3) is 0 Å². The van der Waals surface area contributed by atoms with Gasteiger partial charge >= 0.3 is 0 Å². The quantitative estimate of drug-likeness (QED) is 0.368. The van der Waals surface area contributed by atoms with Gasteiger partial charge in [0.05, 0.1) is 0 Å². The molecule has 0 atom stereocenters. The van der Waals surface area contributed by atoms with Gasteiger partial charge in [0.15, 0.2) is 0 Å². The van der Waals surface area contributed by atoms with Gasteiger partial charge in [-0.05, 0) is 19.4 Å². The number of hydrogen-bond donors (Lipinski definition) is 0. The van der Waals surface area contributed by atoms with Gasteiger partial charge in [-0.25, -0.2) is 0 Å². The zero-order valence-corrected chi connectivity index (χ0v) is 4.13. The molecule has 0 aliphatic heterocycles. The Hall–Kier alpha value is -0.720. The highest BCUT2D eigenvalue weighted by Crippen LogP contribution is 1.78. The van der Waals surface area contributed by atoms with E-state index in [0.717, 1.165) is 12.7 Å². The molecule has 2 radical (unpaired) electrons. The molecule has 38 valence electrons. The molecule has 0 aromatic rings. The zero-order chi connectivity index (χ0) is 5.54.